The summed E-state index contributed by atoms with van der Waals surface area (Å²) in [5.74, 6) is 1.30. The minimum atomic E-state index is 0.0440. The van der Waals surface area contributed by atoms with E-state index in [0.717, 1.165) is 44.3 Å². The molecule has 0 spiro atoms. The van der Waals surface area contributed by atoms with Gasteiger partial charge in [0, 0.05) is 37.1 Å². The number of aromatic nitrogens is 3. The molecule has 1 atom stereocenters. The third-order valence-electron chi connectivity index (χ3n) is 5.39. The van der Waals surface area contributed by atoms with Gasteiger partial charge in [0.1, 0.15) is 5.82 Å². The van der Waals surface area contributed by atoms with E-state index in [1.807, 2.05) is 24.1 Å². The SMILES string of the molecule is Cc1ncc(C(=O)N2CCCC(Cc3cccc4cccnc34)CC2)cn1. The lowest BCUT2D eigenvalue weighted by Crippen LogP contribution is -2.32. The van der Waals surface area contributed by atoms with Crippen molar-refractivity contribution < 1.29 is 4.79 Å². The topological polar surface area (TPSA) is 59.0 Å². The fourth-order valence-electron chi connectivity index (χ4n) is 3.90. The third-order valence-corrected chi connectivity index (χ3v) is 5.39. The average Bonchev–Trinajstić information content (AvgIpc) is 2.94. The molecule has 0 bridgehead atoms. The van der Waals surface area contributed by atoms with Crippen LogP contribution in [0.5, 0.6) is 0 Å². The smallest absolute Gasteiger partial charge is 0.256 e. The Labute approximate surface area is 159 Å². The molecule has 5 heteroatoms. The van der Waals surface area contributed by atoms with E-state index < -0.39 is 0 Å². The van der Waals surface area contributed by atoms with Gasteiger partial charge in [-0.1, -0.05) is 24.3 Å². The van der Waals surface area contributed by atoms with Gasteiger partial charge in [0.2, 0.25) is 0 Å². The van der Waals surface area contributed by atoms with Gasteiger partial charge in [-0.15, -0.1) is 0 Å². The summed E-state index contributed by atoms with van der Waals surface area (Å²) < 4.78 is 0. The summed E-state index contributed by atoms with van der Waals surface area (Å²) in [6.07, 6.45) is 9.33. The number of amides is 1. The minimum absolute atomic E-state index is 0.0440. The number of rotatable bonds is 3. The number of para-hydroxylation sites is 1. The summed E-state index contributed by atoms with van der Waals surface area (Å²) in [7, 11) is 0. The van der Waals surface area contributed by atoms with E-state index in [2.05, 4.69) is 39.2 Å². The number of fused-ring (bicyclic) bond motifs is 1. The van der Waals surface area contributed by atoms with E-state index >= 15 is 0 Å². The Morgan fingerprint density at radius 2 is 1.89 bits per heavy atom. The number of nitrogens with zero attached hydrogens (tertiary/aromatic N) is 4. The van der Waals surface area contributed by atoms with Crippen molar-refractivity contribution in [1.82, 2.24) is 19.9 Å². The van der Waals surface area contributed by atoms with E-state index in [1.54, 1.807) is 12.4 Å². The van der Waals surface area contributed by atoms with Gasteiger partial charge >= 0.3 is 0 Å². The number of pyridine rings is 1. The summed E-state index contributed by atoms with van der Waals surface area (Å²) in [6, 6.07) is 10.5. The highest BCUT2D eigenvalue weighted by molar-refractivity contribution is 5.93. The van der Waals surface area contributed by atoms with Gasteiger partial charge in [0.25, 0.3) is 5.91 Å². The molecule has 0 aliphatic carbocycles. The lowest BCUT2D eigenvalue weighted by atomic mass is 9.91. The van der Waals surface area contributed by atoms with Crippen LogP contribution in [0.25, 0.3) is 10.9 Å². The van der Waals surface area contributed by atoms with E-state index in [9.17, 15) is 4.79 Å². The molecule has 1 saturated heterocycles. The number of likely N-dealkylation sites (tertiary alicyclic amines) is 1. The Balaban J connectivity index is 1.44. The van der Waals surface area contributed by atoms with Crippen LogP contribution < -0.4 is 0 Å². The first-order valence-corrected chi connectivity index (χ1v) is 9.61. The molecule has 1 aromatic carbocycles. The standard InChI is InChI=1S/C22H24N4O/c1-16-24-14-20(15-25-16)22(27)26-11-4-5-17(9-12-26)13-19-7-2-6-18-8-3-10-23-21(18)19/h2-3,6-8,10,14-15,17H,4-5,9,11-13H2,1H3. The fourth-order valence-corrected chi connectivity index (χ4v) is 3.90. The first kappa shape index (κ1) is 17.6. The molecule has 27 heavy (non-hydrogen) atoms. The van der Waals surface area contributed by atoms with Gasteiger partial charge in [0.05, 0.1) is 11.1 Å². The van der Waals surface area contributed by atoms with E-state index in [0.29, 0.717) is 17.3 Å². The summed E-state index contributed by atoms with van der Waals surface area (Å²) >= 11 is 0. The molecule has 0 saturated carbocycles. The number of benzene rings is 1. The largest absolute Gasteiger partial charge is 0.339 e. The maximum atomic E-state index is 12.7. The molecule has 1 aliphatic rings. The molecule has 3 heterocycles. The Morgan fingerprint density at radius 1 is 1.07 bits per heavy atom. The van der Waals surface area contributed by atoms with Crippen molar-refractivity contribution in [2.24, 2.45) is 5.92 Å². The van der Waals surface area contributed by atoms with Crippen molar-refractivity contribution in [3.8, 4) is 0 Å². The number of hydrogen-bond donors (Lipinski definition) is 0. The lowest BCUT2D eigenvalue weighted by Gasteiger charge is -2.20. The van der Waals surface area contributed by atoms with Crippen LogP contribution in [0.2, 0.25) is 0 Å². The van der Waals surface area contributed by atoms with Crippen LogP contribution in [0.15, 0.2) is 48.9 Å². The molecule has 1 aliphatic heterocycles. The highest BCUT2D eigenvalue weighted by Gasteiger charge is 2.22. The Kier molecular flexibility index (Phi) is 5.10. The molecule has 1 fully saturated rings. The number of carbonyl (C=O) groups excluding carboxylic acids is 1. The van der Waals surface area contributed by atoms with Crippen LogP contribution in [0.4, 0.5) is 0 Å². The Hall–Kier alpha value is -2.82. The molecular weight excluding hydrogens is 336 g/mol. The van der Waals surface area contributed by atoms with Gasteiger partial charge in [-0.3, -0.25) is 9.78 Å². The zero-order chi connectivity index (χ0) is 18.6. The maximum Gasteiger partial charge on any atom is 0.256 e. The number of aryl methyl sites for hydroxylation is 1. The van der Waals surface area contributed by atoms with Crippen LogP contribution in [-0.2, 0) is 6.42 Å². The first-order chi connectivity index (χ1) is 13.2. The third kappa shape index (κ3) is 3.97. The van der Waals surface area contributed by atoms with Gasteiger partial charge in [-0.05, 0) is 50.2 Å². The van der Waals surface area contributed by atoms with Crippen LogP contribution in [-0.4, -0.2) is 38.8 Å². The van der Waals surface area contributed by atoms with Gasteiger partial charge in [0.15, 0.2) is 0 Å². The van der Waals surface area contributed by atoms with Crippen LogP contribution in [0.3, 0.4) is 0 Å². The summed E-state index contributed by atoms with van der Waals surface area (Å²) in [5.41, 5.74) is 3.00. The van der Waals surface area contributed by atoms with E-state index in [1.165, 1.54) is 10.9 Å². The van der Waals surface area contributed by atoms with Crippen molar-refractivity contribution >= 4 is 16.8 Å². The van der Waals surface area contributed by atoms with E-state index in [4.69, 9.17) is 0 Å². The van der Waals surface area contributed by atoms with Crippen molar-refractivity contribution in [3.05, 3.63) is 65.9 Å². The zero-order valence-electron chi connectivity index (χ0n) is 15.6. The van der Waals surface area contributed by atoms with Crippen LogP contribution >= 0.6 is 0 Å². The van der Waals surface area contributed by atoms with Crippen LogP contribution in [0.1, 0.15) is 41.0 Å². The predicted molar refractivity (Wildman–Crippen MR) is 105 cm³/mol. The second-order valence-corrected chi connectivity index (χ2v) is 7.30. The highest BCUT2D eigenvalue weighted by atomic mass is 16.2. The molecule has 138 valence electrons. The zero-order valence-corrected chi connectivity index (χ0v) is 15.6. The van der Waals surface area contributed by atoms with E-state index in [-0.39, 0.29) is 5.91 Å². The van der Waals surface area contributed by atoms with Crippen molar-refractivity contribution in [2.45, 2.75) is 32.6 Å². The monoisotopic (exact) mass is 360 g/mol. The molecule has 3 aromatic rings. The second kappa shape index (κ2) is 7.82. The molecule has 0 radical (unpaired) electrons. The number of hydrogen-bond acceptors (Lipinski definition) is 4. The Morgan fingerprint density at radius 3 is 2.74 bits per heavy atom. The molecule has 1 unspecified atom stereocenters. The van der Waals surface area contributed by atoms with Gasteiger partial charge in [-0.25, -0.2) is 9.97 Å². The predicted octanol–water partition coefficient (Wildman–Crippen LogP) is 3.82. The fraction of sp³-hybridized carbons (Fsp3) is 0.364. The van der Waals surface area contributed by atoms with Crippen molar-refractivity contribution in [3.63, 3.8) is 0 Å². The van der Waals surface area contributed by atoms with Crippen molar-refractivity contribution in [1.29, 1.82) is 0 Å². The average molecular weight is 360 g/mol. The number of carbonyl (C=O) groups is 1. The molecule has 5 nitrogen and oxygen atoms in total. The van der Waals surface area contributed by atoms with Crippen molar-refractivity contribution in [2.75, 3.05) is 13.1 Å². The normalized spacial score (nSPS) is 17.7. The Bertz CT molecular complexity index is 933. The molecule has 1 amide bonds. The lowest BCUT2D eigenvalue weighted by molar-refractivity contribution is 0.0759. The molecule has 0 N–H and O–H groups in total. The summed E-state index contributed by atoms with van der Waals surface area (Å²) in [6.45, 7) is 3.42. The molecule has 2 aromatic heterocycles. The minimum Gasteiger partial charge on any atom is -0.339 e. The van der Waals surface area contributed by atoms with Crippen LogP contribution in [0, 0.1) is 12.8 Å². The maximum absolute atomic E-state index is 12.7. The summed E-state index contributed by atoms with van der Waals surface area (Å²) in [4.78, 5) is 27.6. The molecule has 4 rings (SSSR count). The molecular formula is C22H24N4O. The second-order valence-electron chi connectivity index (χ2n) is 7.30. The van der Waals surface area contributed by atoms with Gasteiger partial charge in [-0.2, -0.15) is 0 Å². The summed E-state index contributed by atoms with van der Waals surface area (Å²) in [5, 5.41) is 1.19. The first-order valence-electron chi connectivity index (χ1n) is 9.61. The quantitative estimate of drug-likeness (QED) is 0.712. The highest BCUT2D eigenvalue weighted by Crippen LogP contribution is 2.26. The van der Waals surface area contributed by atoms with Gasteiger partial charge < -0.3 is 4.90 Å².